The number of rotatable bonds is 11. The molecule has 1 aliphatic heterocycles. The zero-order valence-electron chi connectivity index (χ0n) is 18.8. The fourth-order valence-electron chi connectivity index (χ4n) is 3.67. The fourth-order valence-corrected chi connectivity index (χ4v) is 3.67. The van der Waals surface area contributed by atoms with E-state index in [0.29, 0.717) is 17.5 Å². The van der Waals surface area contributed by atoms with E-state index in [1.54, 1.807) is 18.2 Å². The molecule has 0 radical (unpaired) electrons. The minimum Gasteiger partial charge on any atom is -0.394 e. The number of aliphatic hydroxyl groups excluding tert-OH is 2. The third kappa shape index (κ3) is 5.84. The second-order valence-corrected chi connectivity index (χ2v) is 8.62. The summed E-state index contributed by atoms with van der Waals surface area (Å²) in [5, 5.41) is 24.5. The van der Waals surface area contributed by atoms with Gasteiger partial charge in [-0.05, 0) is 29.5 Å². The number of Topliss-reactive ketones (excluding diaryl/α,β-unsaturated/α-hetero) is 1. The Morgan fingerprint density at radius 1 is 0.970 bits per heavy atom. The highest BCUT2D eigenvalue weighted by Gasteiger charge is 2.54. The summed E-state index contributed by atoms with van der Waals surface area (Å²) in [5.41, 5.74) is 0.612. The molecule has 1 saturated heterocycles. The van der Waals surface area contributed by atoms with E-state index in [9.17, 15) is 24.6 Å². The molecule has 2 amide bonds. The van der Waals surface area contributed by atoms with E-state index in [0.717, 1.165) is 5.56 Å². The smallest absolute Gasteiger partial charge is 0.252 e. The van der Waals surface area contributed by atoms with E-state index in [4.69, 9.17) is 4.74 Å². The Morgan fingerprint density at radius 2 is 1.61 bits per heavy atom. The maximum absolute atomic E-state index is 13.0. The number of nitrogens with one attached hydrogen (secondary N) is 2. The Hall–Kier alpha value is -3.07. The van der Waals surface area contributed by atoms with Gasteiger partial charge in [-0.25, -0.2) is 0 Å². The van der Waals surface area contributed by atoms with Gasteiger partial charge in [-0.1, -0.05) is 62.4 Å². The predicted molar refractivity (Wildman–Crippen MR) is 122 cm³/mol. The van der Waals surface area contributed by atoms with Crippen LogP contribution in [0.25, 0.3) is 11.1 Å². The molecule has 0 bridgehead atoms. The topological polar surface area (TPSA) is 128 Å². The summed E-state index contributed by atoms with van der Waals surface area (Å²) in [6.07, 6.45) is 0.332. The van der Waals surface area contributed by atoms with Gasteiger partial charge in [0.15, 0.2) is 11.4 Å². The van der Waals surface area contributed by atoms with Gasteiger partial charge in [0.1, 0.15) is 6.04 Å². The van der Waals surface area contributed by atoms with E-state index in [2.05, 4.69) is 10.6 Å². The number of carbonyl (C=O) groups excluding carboxylic acids is 3. The summed E-state index contributed by atoms with van der Waals surface area (Å²) in [6, 6.07) is 14.2. The SMILES string of the molecule is CC(C)C[C@H](NC(=O)[C@H](CO)NC(=O)c1ccccc1-c1ccccc1)C(=O)[C@]1(CO)CO1. The first-order chi connectivity index (χ1) is 15.8. The third-order valence-electron chi connectivity index (χ3n) is 5.60. The second kappa shape index (κ2) is 10.7. The van der Waals surface area contributed by atoms with Crippen LogP contribution in [0.4, 0.5) is 0 Å². The number of ketones is 1. The summed E-state index contributed by atoms with van der Waals surface area (Å²) >= 11 is 0. The van der Waals surface area contributed by atoms with Crippen molar-refractivity contribution in [3.8, 4) is 11.1 Å². The van der Waals surface area contributed by atoms with E-state index in [-0.39, 0.29) is 12.5 Å². The molecule has 0 spiro atoms. The van der Waals surface area contributed by atoms with Crippen molar-refractivity contribution in [2.24, 2.45) is 5.92 Å². The maximum atomic E-state index is 13.0. The lowest BCUT2D eigenvalue weighted by Crippen LogP contribution is -2.55. The molecule has 1 heterocycles. The van der Waals surface area contributed by atoms with Crippen LogP contribution in [0.3, 0.4) is 0 Å². The van der Waals surface area contributed by atoms with Gasteiger partial charge >= 0.3 is 0 Å². The van der Waals surface area contributed by atoms with Crippen LogP contribution in [-0.2, 0) is 14.3 Å². The van der Waals surface area contributed by atoms with E-state index in [1.807, 2.05) is 50.2 Å². The Labute approximate surface area is 193 Å². The molecule has 0 aromatic heterocycles. The van der Waals surface area contributed by atoms with Crippen LogP contribution in [0.5, 0.6) is 0 Å². The number of epoxide rings is 1. The maximum Gasteiger partial charge on any atom is 0.252 e. The van der Waals surface area contributed by atoms with Crippen LogP contribution in [0.15, 0.2) is 54.6 Å². The summed E-state index contributed by atoms with van der Waals surface area (Å²) < 4.78 is 5.15. The van der Waals surface area contributed by atoms with Crippen molar-refractivity contribution >= 4 is 17.6 Å². The van der Waals surface area contributed by atoms with Gasteiger partial charge in [0, 0.05) is 5.56 Å². The average molecular weight is 455 g/mol. The molecule has 2 aromatic carbocycles. The molecular weight excluding hydrogens is 424 g/mol. The van der Waals surface area contributed by atoms with E-state index >= 15 is 0 Å². The molecule has 176 valence electrons. The zero-order valence-corrected chi connectivity index (χ0v) is 18.8. The normalized spacial score (nSPS) is 18.9. The molecule has 0 saturated carbocycles. The van der Waals surface area contributed by atoms with Crippen molar-refractivity contribution in [1.29, 1.82) is 0 Å². The molecule has 2 aromatic rings. The highest BCUT2D eigenvalue weighted by molar-refractivity contribution is 6.03. The van der Waals surface area contributed by atoms with Crippen LogP contribution < -0.4 is 10.6 Å². The quantitative estimate of drug-likeness (QED) is 0.379. The molecule has 8 nitrogen and oxygen atoms in total. The molecule has 3 rings (SSSR count). The van der Waals surface area contributed by atoms with Crippen molar-refractivity contribution in [2.45, 2.75) is 38.0 Å². The van der Waals surface area contributed by atoms with Crippen LogP contribution in [-0.4, -0.2) is 65.3 Å². The second-order valence-electron chi connectivity index (χ2n) is 8.62. The van der Waals surface area contributed by atoms with Crippen LogP contribution >= 0.6 is 0 Å². The molecule has 8 heteroatoms. The molecular formula is C25H30N2O6. The van der Waals surface area contributed by atoms with Gasteiger partial charge in [-0.3, -0.25) is 14.4 Å². The fraction of sp³-hybridized carbons (Fsp3) is 0.400. The van der Waals surface area contributed by atoms with Crippen molar-refractivity contribution < 1.29 is 29.3 Å². The van der Waals surface area contributed by atoms with Gasteiger partial charge in [-0.15, -0.1) is 0 Å². The number of hydrogen-bond donors (Lipinski definition) is 4. The number of aliphatic hydroxyl groups is 2. The van der Waals surface area contributed by atoms with Crippen molar-refractivity contribution in [3.05, 3.63) is 60.2 Å². The minimum atomic E-state index is -1.28. The van der Waals surface area contributed by atoms with Gasteiger partial charge < -0.3 is 25.6 Å². The van der Waals surface area contributed by atoms with E-state index < -0.39 is 48.5 Å². The predicted octanol–water partition coefficient (Wildman–Crippen LogP) is 1.31. The van der Waals surface area contributed by atoms with E-state index in [1.165, 1.54) is 0 Å². The number of ether oxygens (including phenoxy) is 1. The summed E-state index contributed by atoms with van der Waals surface area (Å²) in [4.78, 5) is 38.7. The van der Waals surface area contributed by atoms with Crippen LogP contribution in [0.1, 0.15) is 30.6 Å². The number of benzene rings is 2. The highest BCUT2D eigenvalue weighted by atomic mass is 16.6. The Balaban J connectivity index is 1.74. The van der Waals surface area contributed by atoms with Gasteiger partial charge in [0.05, 0.1) is 25.9 Å². The van der Waals surface area contributed by atoms with Gasteiger partial charge in [-0.2, -0.15) is 0 Å². The average Bonchev–Trinajstić information content (AvgIpc) is 3.63. The number of hydrogen-bond acceptors (Lipinski definition) is 6. The van der Waals surface area contributed by atoms with Crippen molar-refractivity contribution in [3.63, 3.8) is 0 Å². The lowest BCUT2D eigenvalue weighted by Gasteiger charge is -2.25. The molecule has 4 N–H and O–H groups in total. The van der Waals surface area contributed by atoms with Crippen LogP contribution in [0.2, 0.25) is 0 Å². The first kappa shape index (κ1) is 24.6. The summed E-state index contributed by atoms with van der Waals surface area (Å²) in [7, 11) is 0. The molecule has 0 unspecified atom stereocenters. The third-order valence-corrected chi connectivity index (χ3v) is 5.60. The van der Waals surface area contributed by atoms with Gasteiger partial charge in [0.2, 0.25) is 5.91 Å². The number of carbonyl (C=O) groups is 3. The standard InChI is InChI=1S/C25H30N2O6/c1-16(2)12-20(22(30)25(14-29)15-33-25)26-24(32)21(13-28)27-23(31)19-11-7-6-10-18(19)17-8-4-3-5-9-17/h3-11,16,20-21,28-29H,12-15H2,1-2H3,(H,26,32)(H,27,31)/t20-,21-,25-/m0/s1. The minimum absolute atomic E-state index is 0.0775. The first-order valence-corrected chi connectivity index (χ1v) is 11.0. The largest absolute Gasteiger partial charge is 0.394 e. The summed E-state index contributed by atoms with van der Waals surface area (Å²) in [5.74, 6) is -1.54. The Morgan fingerprint density at radius 3 is 2.18 bits per heavy atom. The van der Waals surface area contributed by atoms with Crippen molar-refractivity contribution in [1.82, 2.24) is 10.6 Å². The highest BCUT2D eigenvalue weighted by Crippen LogP contribution is 2.30. The monoisotopic (exact) mass is 454 g/mol. The van der Waals surface area contributed by atoms with Crippen LogP contribution in [0, 0.1) is 5.92 Å². The first-order valence-electron chi connectivity index (χ1n) is 11.0. The molecule has 3 atom stereocenters. The Kier molecular flexibility index (Phi) is 7.97. The lowest BCUT2D eigenvalue weighted by molar-refractivity contribution is -0.133. The van der Waals surface area contributed by atoms with Crippen molar-refractivity contribution in [2.75, 3.05) is 19.8 Å². The molecule has 1 fully saturated rings. The molecule has 33 heavy (non-hydrogen) atoms. The Bertz CT molecular complexity index is 987. The molecule has 1 aliphatic rings. The number of amides is 2. The zero-order chi connectivity index (χ0) is 24.0. The summed E-state index contributed by atoms with van der Waals surface area (Å²) in [6.45, 7) is 2.79. The molecule has 0 aliphatic carbocycles. The van der Waals surface area contributed by atoms with Gasteiger partial charge in [0.25, 0.3) is 5.91 Å². The lowest BCUT2D eigenvalue weighted by atomic mass is 9.92.